The van der Waals surface area contributed by atoms with Gasteiger partial charge in [-0.15, -0.1) is 0 Å². The van der Waals surface area contributed by atoms with E-state index in [0.717, 1.165) is 49.5 Å². The molecule has 4 nitrogen and oxygen atoms in total. The Hall–Kier alpha value is -2.37. The zero-order chi connectivity index (χ0) is 23.5. The van der Waals surface area contributed by atoms with Crippen LogP contribution in [0.15, 0.2) is 66.4 Å². The Morgan fingerprint density at radius 2 is 1.74 bits per heavy atom. The summed E-state index contributed by atoms with van der Waals surface area (Å²) >= 11 is 12.5. The van der Waals surface area contributed by atoms with Crippen molar-refractivity contribution in [3.63, 3.8) is 0 Å². The summed E-state index contributed by atoms with van der Waals surface area (Å²) in [5.41, 5.74) is 7.68. The Labute approximate surface area is 210 Å². The number of β-amino-alcohol motifs (C(OH)–C–C–N with tert-alkyl or cyclic N) is 1. The topological polar surface area (TPSA) is 45.6 Å². The number of rotatable bonds is 5. The second kappa shape index (κ2) is 10.5. The third-order valence-corrected chi connectivity index (χ3v) is 7.23. The minimum Gasteiger partial charge on any atom is -0.489 e. The number of hydrogen-bond donors (Lipinski definition) is 1. The van der Waals surface area contributed by atoms with Gasteiger partial charge in [0.25, 0.3) is 0 Å². The van der Waals surface area contributed by atoms with Crippen LogP contribution in [0.1, 0.15) is 35.2 Å². The normalized spacial score (nSPS) is 17.0. The molecule has 2 aromatic carbocycles. The molecule has 6 heteroatoms. The number of para-hydroxylation sites is 1. The highest BCUT2D eigenvalue weighted by Crippen LogP contribution is 2.38. The van der Waals surface area contributed by atoms with Crippen LogP contribution in [0.5, 0.6) is 5.75 Å². The Morgan fingerprint density at radius 1 is 0.941 bits per heavy atom. The maximum absolute atomic E-state index is 10.5. The van der Waals surface area contributed by atoms with Gasteiger partial charge < -0.3 is 9.84 Å². The highest BCUT2D eigenvalue weighted by molar-refractivity contribution is 6.32. The third-order valence-electron chi connectivity index (χ3n) is 6.68. The molecular weight excluding hydrogens is 467 g/mol. The van der Waals surface area contributed by atoms with Crippen LogP contribution in [0.4, 0.5) is 0 Å². The van der Waals surface area contributed by atoms with E-state index in [1.165, 1.54) is 27.8 Å². The second-order valence-corrected chi connectivity index (χ2v) is 9.83. The van der Waals surface area contributed by atoms with Crippen LogP contribution in [-0.4, -0.2) is 47.3 Å². The van der Waals surface area contributed by atoms with Crippen molar-refractivity contribution in [2.75, 3.05) is 26.2 Å². The van der Waals surface area contributed by atoms with Crippen LogP contribution in [-0.2, 0) is 12.8 Å². The Morgan fingerprint density at radius 3 is 2.56 bits per heavy atom. The van der Waals surface area contributed by atoms with Crippen molar-refractivity contribution in [3.8, 4) is 5.75 Å². The summed E-state index contributed by atoms with van der Waals surface area (Å²) in [6.45, 7) is 2.59. The number of aliphatic hydroxyl groups is 1. The summed E-state index contributed by atoms with van der Waals surface area (Å²) in [7, 11) is 0. The molecule has 1 unspecified atom stereocenters. The number of pyridine rings is 1. The summed E-state index contributed by atoms with van der Waals surface area (Å²) < 4.78 is 5.72. The lowest BCUT2D eigenvalue weighted by atomic mass is 9.88. The average Bonchev–Trinajstić information content (AvgIpc) is 3.01. The van der Waals surface area contributed by atoms with Crippen LogP contribution >= 0.6 is 23.2 Å². The number of aryl methyl sites for hydroxylation is 2. The number of halogens is 2. The molecule has 1 aliphatic heterocycles. The number of ether oxygens (including phenoxy) is 1. The van der Waals surface area contributed by atoms with E-state index in [4.69, 9.17) is 32.9 Å². The number of nitrogens with zero attached hydrogens (tertiary/aromatic N) is 2. The molecule has 176 valence electrons. The summed E-state index contributed by atoms with van der Waals surface area (Å²) in [4.78, 5) is 7.12. The lowest BCUT2D eigenvalue weighted by Gasteiger charge is -2.31. The van der Waals surface area contributed by atoms with E-state index >= 15 is 0 Å². The molecule has 1 N–H and O–H groups in total. The molecule has 0 saturated carbocycles. The van der Waals surface area contributed by atoms with E-state index in [2.05, 4.69) is 23.1 Å². The largest absolute Gasteiger partial charge is 0.489 e. The molecular formula is C28H28Cl2N2O2. The van der Waals surface area contributed by atoms with E-state index in [9.17, 15) is 5.11 Å². The van der Waals surface area contributed by atoms with Gasteiger partial charge in [0.05, 0.1) is 10.7 Å². The Balaban J connectivity index is 1.30. The van der Waals surface area contributed by atoms with Crippen molar-refractivity contribution in [2.24, 2.45) is 0 Å². The smallest absolute Gasteiger partial charge is 0.138 e. The van der Waals surface area contributed by atoms with Gasteiger partial charge in [-0.3, -0.25) is 9.88 Å². The number of benzene rings is 2. The molecule has 2 heterocycles. The zero-order valence-corrected chi connectivity index (χ0v) is 20.5. The van der Waals surface area contributed by atoms with E-state index in [-0.39, 0.29) is 6.61 Å². The minimum absolute atomic E-state index is 0.222. The molecule has 3 aromatic rings. The fourth-order valence-electron chi connectivity index (χ4n) is 4.99. The zero-order valence-electron chi connectivity index (χ0n) is 19.0. The van der Waals surface area contributed by atoms with E-state index in [1.807, 2.05) is 36.5 Å². The van der Waals surface area contributed by atoms with Crippen molar-refractivity contribution in [1.82, 2.24) is 9.88 Å². The Kier molecular flexibility index (Phi) is 7.21. The molecule has 0 radical (unpaired) electrons. The summed E-state index contributed by atoms with van der Waals surface area (Å²) in [6, 6.07) is 17.8. The highest BCUT2D eigenvalue weighted by atomic mass is 35.5. The van der Waals surface area contributed by atoms with Crippen molar-refractivity contribution in [3.05, 3.63) is 98.8 Å². The number of piperidine rings is 1. The Bertz CT molecular complexity index is 1200. The third kappa shape index (κ3) is 5.16. The maximum atomic E-state index is 10.5. The van der Waals surface area contributed by atoms with Crippen molar-refractivity contribution < 1.29 is 9.84 Å². The summed E-state index contributed by atoms with van der Waals surface area (Å²) in [5.74, 6) is 0.604. The van der Waals surface area contributed by atoms with Gasteiger partial charge in [-0.2, -0.15) is 0 Å². The van der Waals surface area contributed by atoms with Gasteiger partial charge >= 0.3 is 0 Å². The average molecular weight is 495 g/mol. The SMILES string of the molecule is OC(COc1ccccc1Cl)CN1CCC(=C2c3ccc(Cl)cc3CCc3cccnc32)CC1. The molecule has 0 spiro atoms. The molecule has 1 atom stereocenters. The first kappa shape index (κ1) is 23.4. The first-order valence-corrected chi connectivity index (χ1v) is 12.6. The van der Waals surface area contributed by atoms with Crippen LogP contribution in [0.2, 0.25) is 10.0 Å². The van der Waals surface area contributed by atoms with Gasteiger partial charge in [-0.1, -0.05) is 53.0 Å². The standard InChI is InChI=1S/C28H28Cl2N2O2/c29-22-9-10-24-21(16-22)8-7-20-4-3-13-31-28(20)27(24)19-11-14-32(15-12-19)17-23(33)18-34-26-6-2-1-5-25(26)30/h1-6,9-10,13,16,23,33H,7-8,11-12,14-15,17-18H2. The van der Waals surface area contributed by atoms with Crippen molar-refractivity contribution in [2.45, 2.75) is 31.8 Å². The van der Waals surface area contributed by atoms with Crippen LogP contribution in [0, 0.1) is 0 Å². The molecule has 0 bridgehead atoms. The number of fused-ring (bicyclic) bond motifs is 2. The van der Waals surface area contributed by atoms with Gasteiger partial charge in [0.2, 0.25) is 0 Å². The summed E-state index contributed by atoms with van der Waals surface area (Å²) in [6.07, 6.45) is 5.15. The molecule has 0 amide bonds. The highest BCUT2D eigenvalue weighted by Gasteiger charge is 2.25. The van der Waals surface area contributed by atoms with Gasteiger partial charge in [-0.05, 0) is 72.7 Å². The molecule has 5 rings (SSSR count). The van der Waals surface area contributed by atoms with Crippen molar-refractivity contribution in [1.29, 1.82) is 0 Å². The lowest BCUT2D eigenvalue weighted by Crippen LogP contribution is -2.39. The summed E-state index contributed by atoms with van der Waals surface area (Å²) in [5, 5.41) is 11.9. The minimum atomic E-state index is -0.575. The van der Waals surface area contributed by atoms with Crippen LogP contribution in [0.25, 0.3) is 5.57 Å². The number of hydrogen-bond acceptors (Lipinski definition) is 4. The van der Waals surface area contributed by atoms with Crippen molar-refractivity contribution >= 4 is 28.8 Å². The van der Waals surface area contributed by atoms with Gasteiger partial charge in [0, 0.05) is 36.4 Å². The van der Waals surface area contributed by atoms with E-state index < -0.39 is 6.10 Å². The fraction of sp³-hybridized carbons (Fsp3) is 0.321. The number of likely N-dealkylation sites (tertiary alicyclic amines) is 1. The number of aromatic nitrogens is 1. The molecule has 1 saturated heterocycles. The fourth-order valence-corrected chi connectivity index (χ4v) is 5.37. The van der Waals surface area contributed by atoms with Crippen LogP contribution < -0.4 is 4.74 Å². The molecule has 2 aliphatic rings. The molecule has 34 heavy (non-hydrogen) atoms. The number of aliphatic hydroxyl groups excluding tert-OH is 1. The van der Waals surface area contributed by atoms with Gasteiger partial charge in [-0.25, -0.2) is 0 Å². The van der Waals surface area contributed by atoms with E-state index in [0.29, 0.717) is 17.3 Å². The molecule has 1 fully saturated rings. The van der Waals surface area contributed by atoms with E-state index in [1.54, 1.807) is 6.07 Å². The molecule has 1 aliphatic carbocycles. The maximum Gasteiger partial charge on any atom is 0.138 e. The quantitative estimate of drug-likeness (QED) is 0.484. The predicted molar refractivity (Wildman–Crippen MR) is 138 cm³/mol. The van der Waals surface area contributed by atoms with Gasteiger partial charge in [0.15, 0.2) is 0 Å². The first-order chi connectivity index (χ1) is 16.6. The van der Waals surface area contributed by atoms with Crippen LogP contribution in [0.3, 0.4) is 0 Å². The molecule has 1 aromatic heterocycles. The van der Waals surface area contributed by atoms with Gasteiger partial charge in [0.1, 0.15) is 18.5 Å². The lowest BCUT2D eigenvalue weighted by molar-refractivity contribution is 0.0657. The predicted octanol–water partition coefficient (Wildman–Crippen LogP) is 5.82. The monoisotopic (exact) mass is 494 g/mol. The first-order valence-electron chi connectivity index (χ1n) is 11.8. The second-order valence-electron chi connectivity index (χ2n) is 8.99.